The summed E-state index contributed by atoms with van der Waals surface area (Å²) in [7, 11) is 1.89. The number of benzene rings is 1. The molecule has 2 aromatic rings. The number of halogens is 1. The first-order valence-electron chi connectivity index (χ1n) is 8.12. The Morgan fingerprint density at radius 2 is 1.96 bits per heavy atom. The number of carboxylic acid groups (broad SMARTS) is 1. The van der Waals surface area contributed by atoms with Gasteiger partial charge in [0.15, 0.2) is 11.5 Å². The molecule has 1 aliphatic rings. The highest BCUT2D eigenvalue weighted by atomic mass is 35.5. The molecule has 1 aliphatic heterocycles. The van der Waals surface area contributed by atoms with Crippen LogP contribution < -0.4 is 5.32 Å². The zero-order valence-electron chi connectivity index (χ0n) is 15.0. The van der Waals surface area contributed by atoms with Gasteiger partial charge in [0.25, 0.3) is 5.91 Å². The Labute approximate surface area is 160 Å². The van der Waals surface area contributed by atoms with Crippen LogP contribution in [0.2, 0.25) is 5.02 Å². The van der Waals surface area contributed by atoms with Crippen molar-refractivity contribution in [2.45, 2.75) is 13.8 Å². The van der Waals surface area contributed by atoms with E-state index in [0.717, 1.165) is 5.70 Å². The molecular formula is C18H18ClN5O3. The van der Waals surface area contributed by atoms with E-state index in [2.05, 4.69) is 15.4 Å². The van der Waals surface area contributed by atoms with Gasteiger partial charge in [-0.05, 0) is 26.0 Å². The zero-order valence-corrected chi connectivity index (χ0v) is 15.8. The van der Waals surface area contributed by atoms with Crippen LogP contribution in [0.4, 0.5) is 5.82 Å². The lowest BCUT2D eigenvalue weighted by molar-refractivity contribution is 0.0689. The molecule has 140 valence electrons. The second-order valence-electron chi connectivity index (χ2n) is 6.11. The van der Waals surface area contributed by atoms with Crippen LogP contribution in [-0.4, -0.2) is 51.2 Å². The summed E-state index contributed by atoms with van der Waals surface area (Å²) in [5.74, 6) is -0.968. The van der Waals surface area contributed by atoms with Crippen molar-refractivity contribution in [2.75, 3.05) is 19.0 Å². The smallest absolute Gasteiger partial charge is 0.356 e. The molecule has 0 aliphatic carbocycles. The van der Waals surface area contributed by atoms with Gasteiger partial charge < -0.3 is 15.3 Å². The quantitative estimate of drug-likeness (QED) is 0.843. The maximum atomic E-state index is 12.7. The second kappa shape index (κ2) is 7.24. The highest BCUT2D eigenvalue weighted by molar-refractivity contribution is 6.34. The van der Waals surface area contributed by atoms with Crippen molar-refractivity contribution in [3.8, 4) is 0 Å². The van der Waals surface area contributed by atoms with Crippen LogP contribution in [0.25, 0.3) is 0 Å². The summed E-state index contributed by atoms with van der Waals surface area (Å²) in [5, 5.41) is 16.6. The van der Waals surface area contributed by atoms with E-state index in [4.69, 9.17) is 11.6 Å². The Balaban J connectivity index is 2.05. The van der Waals surface area contributed by atoms with Crippen LogP contribution in [0, 0.1) is 6.92 Å². The Hall–Kier alpha value is -3.13. The summed E-state index contributed by atoms with van der Waals surface area (Å²) in [5.41, 5.74) is 1.39. The fourth-order valence-corrected chi connectivity index (χ4v) is 2.81. The van der Waals surface area contributed by atoms with Crippen LogP contribution in [-0.2, 0) is 0 Å². The minimum Gasteiger partial charge on any atom is -0.476 e. The number of amides is 1. The molecule has 2 N–H and O–H groups in total. The van der Waals surface area contributed by atoms with Gasteiger partial charge in [0.2, 0.25) is 0 Å². The number of aromatic nitrogens is 2. The molecule has 0 unspecified atom stereocenters. The van der Waals surface area contributed by atoms with Gasteiger partial charge in [-0.15, -0.1) is 0 Å². The van der Waals surface area contributed by atoms with E-state index in [0.29, 0.717) is 23.1 Å². The fourth-order valence-electron chi connectivity index (χ4n) is 2.59. The summed E-state index contributed by atoms with van der Waals surface area (Å²) in [4.78, 5) is 30.5. The topological polar surface area (TPSA) is 99.8 Å². The van der Waals surface area contributed by atoms with Gasteiger partial charge in [-0.2, -0.15) is 9.78 Å². The maximum Gasteiger partial charge on any atom is 0.356 e. The van der Waals surface area contributed by atoms with Crippen molar-refractivity contribution in [2.24, 2.45) is 4.99 Å². The number of carbonyl (C=O) groups is 2. The number of aliphatic imine (C=N–C) groups is 1. The van der Waals surface area contributed by atoms with Crippen molar-refractivity contribution in [1.29, 1.82) is 0 Å². The van der Waals surface area contributed by atoms with Crippen LogP contribution in [0.3, 0.4) is 0 Å². The first-order valence-corrected chi connectivity index (χ1v) is 8.50. The van der Waals surface area contributed by atoms with Crippen LogP contribution in [0.1, 0.15) is 33.3 Å². The van der Waals surface area contributed by atoms with Gasteiger partial charge in [0.05, 0.1) is 10.6 Å². The van der Waals surface area contributed by atoms with Gasteiger partial charge in [0, 0.05) is 24.4 Å². The number of nitrogens with one attached hydrogen (secondary N) is 1. The second-order valence-corrected chi connectivity index (χ2v) is 6.52. The molecular weight excluding hydrogens is 370 g/mol. The lowest BCUT2D eigenvalue weighted by atomic mass is 10.2. The molecule has 0 bridgehead atoms. The van der Waals surface area contributed by atoms with Gasteiger partial charge in [-0.1, -0.05) is 23.7 Å². The molecule has 3 rings (SSSR count). The van der Waals surface area contributed by atoms with E-state index in [1.807, 2.05) is 18.9 Å². The number of allylic oxidation sites excluding steroid dienone is 2. The van der Waals surface area contributed by atoms with Gasteiger partial charge >= 0.3 is 5.97 Å². The summed E-state index contributed by atoms with van der Waals surface area (Å²) in [6, 6.07) is 6.61. The largest absolute Gasteiger partial charge is 0.476 e. The molecule has 1 aromatic heterocycles. The Bertz CT molecular complexity index is 993. The van der Waals surface area contributed by atoms with E-state index in [1.54, 1.807) is 37.3 Å². The zero-order chi connectivity index (χ0) is 19.7. The first kappa shape index (κ1) is 18.7. The minimum atomic E-state index is -1.19. The van der Waals surface area contributed by atoms with Gasteiger partial charge in [0.1, 0.15) is 12.5 Å². The van der Waals surface area contributed by atoms with Gasteiger partial charge in [-0.25, -0.2) is 9.79 Å². The molecule has 9 heteroatoms. The third-order valence-corrected chi connectivity index (χ3v) is 4.61. The molecule has 1 aromatic carbocycles. The fraction of sp³-hybridized carbons (Fsp3) is 0.222. The number of hydrogen-bond donors (Lipinski definition) is 2. The van der Waals surface area contributed by atoms with Gasteiger partial charge in [-0.3, -0.25) is 4.79 Å². The van der Waals surface area contributed by atoms with Crippen molar-refractivity contribution in [1.82, 2.24) is 14.7 Å². The van der Waals surface area contributed by atoms with E-state index < -0.39 is 11.9 Å². The summed E-state index contributed by atoms with van der Waals surface area (Å²) < 4.78 is 1.34. The molecule has 27 heavy (non-hydrogen) atoms. The summed E-state index contributed by atoms with van der Waals surface area (Å²) in [6.45, 7) is 3.89. The van der Waals surface area contributed by atoms with Crippen LogP contribution in [0.15, 0.2) is 41.0 Å². The Kier molecular flexibility index (Phi) is 5.00. The number of carboxylic acids is 1. The van der Waals surface area contributed by atoms with E-state index >= 15 is 0 Å². The van der Waals surface area contributed by atoms with Crippen LogP contribution >= 0.6 is 11.6 Å². The number of carbonyl (C=O) groups excluding carboxylic acids is 1. The van der Waals surface area contributed by atoms with Crippen LogP contribution in [0.5, 0.6) is 0 Å². The normalized spacial score (nSPS) is 13.9. The number of rotatable bonds is 3. The Morgan fingerprint density at radius 3 is 2.59 bits per heavy atom. The average Bonchev–Trinajstić information content (AvgIpc) is 2.94. The average molecular weight is 388 g/mol. The lowest BCUT2D eigenvalue weighted by Crippen LogP contribution is -2.27. The highest BCUT2D eigenvalue weighted by Gasteiger charge is 2.24. The number of hydrogen-bond acceptors (Lipinski definition) is 5. The van der Waals surface area contributed by atoms with E-state index in [9.17, 15) is 14.7 Å². The third kappa shape index (κ3) is 3.56. The van der Waals surface area contributed by atoms with Crippen molar-refractivity contribution >= 4 is 35.1 Å². The molecule has 0 fully saturated rings. The number of nitrogens with zero attached hydrogens (tertiary/aromatic N) is 4. The first-order chi connectivity index (χ1) is 12.8. The number of aromatic carboxylic acids is 1. The Morgan fingerprint density at radius 1 is 1.26 bits per heavy atom. The standard InChI is InChI=1S/C18H18ClN5O3/c1-10-8-14(20-9-23(10)3)24-16(11(2)15(22-24)18(26)27)21-17(25)12-6-4-5-7-13(12)19/h4-8H,9H2,1-3H3,(H,21,25)(H,26,27). The SMILES string of the molecule is CC1=CC(n2nc(C(=O)O)c(C)c2NC(=O)c2ccccc2Cl)=NCN1C. The van der Waals surface area contributed by atoms with Crippen molar-refractivity contribution in [3.05, 3.63) is 57.9 Å². The molecule has 0 saturated carbocycles. The molecule has 0 atom stereocenters. The van der Waals surface area contributed by atoms with Crippen molar-refractivity contribution < 1.29 is 14.7 Å². The summed E-state index contributed by atoms with van der Waals surface area (Å²) in [6.07, 6.45) is 1.77. The molecule has 0 radical (unpaired) electrons. The predicted octanol–water partition coefficient (Wildman–Crippen LogP) is 2.85. The monoisotopic (exact) mass is 387 g/mol. The molecule has 1 amide bonds. The highest BCUT2D eigenvalue weighted by Crippen LogP contribution is 2.23. The molecule has 0 saturated heterocycles. The lowest BCUT2D eigenvalue weighted by Gasteiger charge is -2.22. The van der Waals surface area contributed by atoms with E-state index in [-0.39, 0.29) is 17.1 Å². The molecule has 8 nitrogen and oxygen atoms in total. The minimum absolute atomic E-state index is 0.155. The number of anilines is 1. The van der Waals surface area contributed by atoms with E-state index in [1.165, 1.54) is 4.68 Å². The predicted molar refractivity (Wildman–Crippen MR) is 103 cm³/mol. The summed E-state index contributed by atoms with van der Waals surface area (Å²) >= 11 is 6.09. The molecule has 0 spiro atoms. The molecule has 2 heterocycles. The van der Waals surface area contributed by atoms with Crippen molar-refractivity contribution in [3.63, 3.8) is 0 Å². The maximum absolute atomic E-state index is 12.7. The third-order valence-electron chi connectivity index (χ3n) is 4.28.